The van der Waals surface area contributed by atoms with Crippen LogP contribution in [0.25, 0.3) is 0 Å². The van der Waals surface area contributed by atoms with E-state index in [-0.39, 0.29) is 12.0 Å². The van der Waals surface area contributed by atoms with E-state index in [4.69, 9.17) is 21.4 Å². The molecule has 0 aliphatic carbocycles. The van der Waals surface area contributed by atoms with Crippen molar-refractivity contribution in [2.75, 3.05) is 13.7 Å². The first-order chi connectivity index (χ1) is 7.60. The minimum absolute atomic E-state index is 0.0296. The minimum Gasteiger partial charge on any atom is -0.497 e. The van der Waals surface area contributed by atoms with E-state index in [0.717, 1.165) is 35.3 Å². The largest absolute Gasteiger partial charge is 0.497 e. The van der Waals surface area contributed by atoms with Crippen molar-refractivity contribution in [3.05, 3.63) is 28.8 Å². The summed E-state index contributed by atoms with van der Waals surface area (Å²) in [6.07, 6.45) is 1.53. The Morgan fingerprint density at radius 3 is 2.31 bits per heavy atom. The number of aryl methyl sites for hydroxylation is 2. The van der Waals surface area contributed by atoms with Crippen molar-refractivity contribution >= 4 is 11.6 Å². The van der Waals surface area contributed by atoms with Crippen LogP contribution in [0.2, 0.25) is 0 Å². The summed E-state index contributed by atoms with van der Waals surface area (Å²) in [4.78, 5) is 0. The Hall–Kier alpha value is -0.730. The lowest BCUT2D eigenvalue weighted by molar-refractivity contribution is 0.284. The van der Waals surface area contributed by atoms with E-state index in [0.29, 0.717) is 0 Å². The van der Waals surface area contributed by atoms with Crippen molar-refractivity contribution in [1.82, 2.24) is 0 Å². The van der Waals surface area contributed by atoms with Crippen molar-refractivity contribution in [2.24, 2.45) is 0 Å². The number of methoxy groups -OCH3 is 1. The second-order valence-corrected chi connectivity index (χ2v) is 4.54. The van der Waals surface area contributed by atoms with Gasteiger partial charge in [0.15, 0.2) is 0 Å². The van der Waals surface area contributed by atoms with Crippen molar-refractivity contribution in [2.45, 2.75) is 32.1 Å². The first-order valence-electron chi connectivity index (χ1n) is 5.50. The molecule has 0 fully saturated rings. The third kappa shape index (κ3) is 3.13. The van der Waals surface area contributed by atoms with Crippen LogP contribution in [0.5, 0.6) is 5.75 Å². The first kappa shape index (κ1) is 13.3. The van der Waals surface area contributed by atoms with Gasteiger partial charge in [-0.3, -0.25) is 0 Å². The quantitative estimate of drug-likeness (QED) is 0.803. The molecule has 0 spiro atoms. The van der Waals surface area contributed by atoms with Gasteiger partial charge in [0.2, 0.25) is 0 Å². The molecular formula is C13H19ClO2. The lowest BCUT2D eigenvalue weighted by Gasteiger charge is -2.16. The number of aliphatic hydroxyl groups is 1. The molecule has 0 radical (unpaired) electrons. The summed E-state index contributed by atoms with van der Waals surface area (Å²) in [5.74, 6) is 0.866. The number of ether oxygens (including phenoxy) is 1. The van der Waals surface area contributed by atoms with E-state index in [1.54, 1.807) is 7.11 Å². The third-order valence-corrected chi connectivity index (χ3v) is 3.17. The number of aliphatic hydroxyl groups excluding tert-OH is 1. The molecule has 0 aliphatic rings. The van der Waals surface area contributed by atoms with Crippen molar-refractivity contribution in [1.29, 1.82) is 0 Å². The Labute approximate surface area is 102 Å². The van der Waals surface area contributed by atoms with E-state index in [1.807, 2.05) is 26.0 Å². The summed E-state index contributed by atoms with van der Waals surface area (Å²) in [6.45, 7) is 4.27. The van der Waals surface area contributed by atoms with Gasteiger partial charge in [0, 0.05) is 6.61 Å². The van der Waals surface area contributed by atoms with Gasteiger partial charge in [-0.15, -0.1) is 11.6 Å². The zero-order valence-electron chi connectivity index (χ0n) is 10.1. The number of hydrogen-bond donors (Lipinski definition) is 1. The van der Waals surface area contributed by atoms with Crippen LogP contribution >= 0.6 is 11.6 Å². The number of benzene rings is 1. The fraction of sp³-hybridized carbons (Fsp3) is 0.538. The van der Waals surface area contributed by atoms with Gasteiger partial charge < -0.3 is 9.84 Å². The zero-order valence-corrected chi connectivity index (χ0v) is 10.8. The van der Waals surface area contributed by atoms with Crippen LogP contribution in [0, 0.1) is 13.8 Å². The molecule has 2 nitrogen and oxygen atoms in total. The van der Waals surface area contributed by atoms with Crippen LogP contribution < -0.4 is 4.74 Å². The predicted molar refractivity (Wildman–Crippen MR) is 67.4 cm³/mol. The molecule has 16 heavy (non-hydrogen) atoms. The van der Waals surface area contributed by atoms with Gasteiger partial charge in [-0.25, -0.2) is 0 Å². The Kier molecular flexibility index (Phi) is 5.10. The summed E-state index contributed by atoms with van der Waals surface area (Å²) < 4.78 is 5.21. The molecule has 1 rings (SSSR count). The molecule has 0 amide bonds. The van der Waals surface area contributed by atoms with Crippen LogP contribution in [-0.2, 0) is 0 Å². The summed E-state index contributed by atoms with van der Waals surface area (Å²) in [5.41, 5.74) is 3.46. The lowest BCUT2D eigenvalue weighted by Crippen LogP contribution is -2.00. The average Bonchev–Trinajstić information content (AvgIpc) is 2.25. The molecule has 90 valence electrons. The van der Waals surface area contributed by atoms with E-state index in [1.165, 1.54) is 0 Å². The van der Waals surface area contributed by atoms with Crippen molar-refractivity contribution in [3.8, 4) is 5.75 Å². The molecule has 1 unspecified atom stereocenters. The van der Waals surface area contributed by atoms with Gasteiger partial charge in [0.05, 0.1) is 12.5 Å². The molecule has 0 heterocycles. The van der Waals surface area contributed by atoms with Crippen LogP contribution in [0.4, 0.5) is 0 Å². The molecule has 0 aliphatic heterocycles. The molecule has 1 N–H and O–H groups in total. The molecule has 1 aromatic rings. The molecule has 3 heteroatoms. The number of hydrogen-bond acceptors (Lipinski definition) is 2. The standard InChI is InChI=1S/C13H19ClO2/c1-9-7-11(16-3)8-10(2)13(9)12(14)5-4-6-15/h7-8,12,15H,4-6H2,1-3H3. The van der Waals surface area contributed by atoms with Gasteiger partial charge in [-0.05, 0) is 55.5 Å². The SMILES string of the molecule is COc1cc(C)c(C(Cl)CCCO)c(C)c1. The van der Waals surface area contributed by atoms with Gasteiger partial charge in [-0.1, -0.05) is 0 Å². The van der Waals surface area contributed by atoms with Crippen molar-refractivity contribution < 1.29 is 9.84 Å². The van der Waals surface area contributed by atoms with E-state index < -0.39 is 0 Å². The van der Waals surface area contributed by atoms with E-state index in [2.05, 4.69) is 0 Å². The monoisotopic (exact) mass is 242 g/mol. The summed E-state index contributed by atoms with van der Waals surface area (Å²) in [7, 11) is 1.66. The average molecular weight is 243 g/mol. The van der Waals surface area contributed by atoms with Crippen molar-refractivity contribution in [3.63, 3.8) is 0 Å². The van der Waals surface area contributed by atoms with Crippen LogP contribution in [0.1, 0.15) is 34.9 Å². The van der Waals surface area contributed by atoms with Crippen LogP contribution in [0.15, 0.2) is 12.1 Å². The number of halogens is 1. The highest BCUT2D eigenvalue weighted by atomic mass is 35.5. The molecule has 0 saturated carbocycles. The summed E-state index contributed by atoms with van der Waals surface area (Å²) >= 11 is 6.34. The Bertz CT molecular complexity index is 327. The predicted octanol–water partition coefficient (Wildman–Crippen LogP) is 3.36. The normalized spacial score (nSPS) is 12.6. The molecular weight excluding hydrogens is 224 g/mol. The maximum Gasteiger partial charge on any atom is 0.119 e. The Morgan fingerprint density at radius 1 is 1.31 bits per heavy atom. The summed E-state index contributed by atoms with van der Waals surface area (Å²) in [5, 5.41) is 8.77. The topological polar surface area (TPSA) is 29.5 Å². The molecule has 1 aromatic carbocycles. The van der Waals surface area contributed by atoms with E-state index in [9.17, 15) is 0 Å². The minimum atomic E-state index is -0.0296. The Balaban J connectivity index is 2.95. The highest BCUT2D eigenvalue weighted by molar-refractivity contribution is 6.21. The smallest absolute Gasteiger partial charge is 0.119 e. The van der Waals surface area contributed by atoms with Crippen LogP contribution in [0.3, 0.4) is 0 Å². The lowest BCUT2D eigenvalue weighted by atomic mass is 9.97. The molecule has 0 bridgehead atoms. The fourth-order valence-corrected chi connectivity index (χ4v) is 2.46. The highest BCUT2D eigenvalue weighted by Crippen LogP contribution is 2.33. The molecule has 0 saturated heterocycles. The maximum atomic E-state index is 8.80. The highest BCUT2D eigenvalue weighted by Gasteiger charge is 2.14. The van der Waals surface area contributed by atoms with Gasteiger partial charge in [0.1, 0.15) is 5.75 Å². The Morgan fingerprint density at radius 2 is 1.88 bits per heavy atom. The second kappa shape index (κ2) is 6.12. The fourth-order valence-electron chi connectivity index (χ4n) is 1.96. The maximum absolute atomic E-state index is 8.80. The number of rotatable bonds is 5. The number of alkyl halides is 1. The van der Waals surface area contributed by atoms with Crippen LogP contribution in [-0.4, -0.2) is 18.8 Å². The van der Waals surface area contributed by atoms with E-state index >= 15 is 0 Å². The molecule has 0 aromatic heterocycles. The van der Waals surface area contributed by atoms with Gasteiger partial charge in [-0.2, -0.15) is 0 Å². The zero-order chi connectivity index (χ0) is 12.1. The molecule has 1 atom stereocenters. The first-order valence-corrected chi connectivity index (χ1v) is 5.93. The summed E-state index contributed by atoms with van der Waals surface area (Å²) in [6, 6.07) is 3.99. The van der Waals surface area contributed by atoms with Gasteiger partial charge >= 0.3 is 0 Å². The second-order valence-electron chi connectivity index (χ2n) is 4.01. The third-order valence-electron chi connectivity index (χ3n) is 2.73. The van der Waals surface area contributed by atoms with Gasteiger partial charge in [0.25, 0.3) is 0 Å².